The Morgan fingerprint density at radius 2 is 1.61 bits per heavy atom. The van der Waals surface area contributed by atoms with Crippen molar-refractivity contribution in [2.45, 2.75) is 19.4 Å². The molecular formula is C26H30N4O3. The molecule has 0 saturated carbocycles. The number of nitrogens with zero attached hydrogens (tertiary/aromatic N) is 3. The van der Waals surface area contributed by atoms with Crippen molar-refractivity contribution in [2.75, 3.05) is 39.3 Å². The first-order chi connectivity index (χ1) is 16.1. The van der Waals surface area contributed by atoms with Gasteiger partial charge in [0.25, 0.3) is 5.91 Å². The van der Waals surface area contributed by atoms with Crippen LogP contribution in [0.3, 0.4) is 0 Å². The summed E-state index contributed by atoms with van der Waals surface area (Å²) in [5.74, 6) is -0.609. The van der Waals surface area contributed by atoms with Crippen LogP contribution < -0.4 is 5.32 Å². The lowest BCUT2D eigenvalue weighted by Crippen LogP contribution is -2.50. The van der Waals surface area contributed by atoms with Crippen LogP contribution in [0.1, 0.15) is 30.5 Å². The number of hydrogen-bond acceptors (Lipinski definition) is 6. The summed E-state index contributed by atoms with van der Waals surface area (Å²) in [4.78, 5) is 28.4. The number of carbonyl (C=O) groups excluding carboxylic acids is 2. The highest BCUT2D eigenvalue weighted by Crippen LogP contribution is 2.29. The smallest absolute Gasteiger partial charge is 0.307 e. The Hall–Kier alpha value is -3.63. The molecular weight excluding hydrogens is 416 g/mol. The number of ether oxygens (including phenoxy) is 1. The Morgan fingerprint density at radius 1 is 1.03 bits per heavy atom. The summed E-state index contributed by atoms with van der Waals surface area (Å²) in [5.41, 5.74) is 2.47. The van der Waals surface area contributed by atoms with E-state index in [2.05, 4.69) is 34.5 Å². The largest absolute Gasteiger partial charge is 0.466 e. The Kier molecular flexibility index (Phi) is 9.04. The van der Waals surface area contributed by atoms with Crippen molar-refractivity contribution in [1.82, 2.24) is 15.1 Å². The standard InChI is InChI=1S/C26H30N4O3/c1-2-33-24(31)13-14-28-20-23(19-27)26(32)30-17-15-29(16-18-30)25(21-9-5-3-6-10-21)22-11-7-4-8-12-22/h3-12,20,25,28H,2,13-18H2,1H3/b23-20-. The summed E-state index contributed by atoms with van der Waals surface area (Å²) in [6.07, 6.45) is 1.57. The molecule has 1 heterocycles. The van der Waals surface area contributed by atoms with Crippen molar-refractivity contribution < 1.29 is 14.3 Å². The third-order valence-electron chi connectivity index (χ3n) is 5.57. The minimum atomic E-state index is -0.314. The van der Waals surface area contributed by atoms with Crippen LogP contribution in [0.2, 0.25) is 0 Å². The second kappa shape index (κ2) is 12.4. The predicted molar refractivity (Wildman–Crippen MR) is 126 cm³/mol. The lowest BCUT2D eigenvalue weighted by Gasteiger charge is -2.39. The number of nitrogens with one attached hydrogen (secondary N) is 1. The molecule has 0 radical (unpaired) electrons. The van der Waals surface area contributed by atoms with E-state index >= 15 is 0 Å². The molecule has 1 fully saturated rings. The molecule has 0 aliphatic carbocycles. The first-order valence-corrected chi connectivity index (χ1v) is 11.3. The summed E-state index contributed by atoms with van der Waals surface area (Å²) < 4.78 is 4.87. The van der Waals surface area contributed by atoms with Crippen molar-refractivity contribution in [1.29, 1.82) is 5.26 Å². The van der Waals surface area contributed by atoms with E-state index < -0.39 is 0 Å². The van der Waals surface area contributed by atoms with Gasteiger partial charge in [-0.25, -0.2) is 0 Å². The molecule has 1 aliphatic heterocycles. The molecule has 7 nitrogen and oxygen atoms in total. The van der Waals surface area contributed by atoms with Crippen molar-refractivity contribution in [3.8, 4) is 6.07 Å². The zero-order valence-electron chi connectivity index (χ0n) is 18.9. The average molecular weight is 447 g/mol. The summed E-state index contributed by atoms with van der Waals surface area (Å²) in [5, 5.41) is 12.3. The van der Waals surface area contributed by atoms with Gasteiger partial charge in [0, 0.05) is 38.9 Å². The topological polar surface area (TPSA) is 85.7 Å². The number of rotatable bonds is 9. The van der Waals surface area contributed by atoms with E-state index in [1.54, 1.807) is 11.8 Å². The van der Waals surface area contributed by atoms with Crippen LogP contribution >= 0.6 is 0 Å². The Balaban J connectivity index is 1.61. The highest BCUT2D eigenvalue weighted by atomic mass is 16.5. The van der Waals surface area contributed by atoms with E-state index in [0.29, 0.717) is 39.3 Å². The second-order valence-corrected chi connectivity index (χ2v) is 7.73. The van der Waals surface area contributed by atoms with Gasteiger partial charge < -0.3 is 15.0 Å². The SMILES string of the molecule is CCOC(=O)CCN/C=C(/C#N)C(=O)N1CCN(C(c2ccccc2)c2ccccc2)CC1. The number of carbonyl (C=O) groups is 2. The van der Waals surface area contributed by atoms with Gasteiger partial charge in [-0.15, -0.1) is 0 Å². The van der Waals surface area contributed by atoms with Gasteiger partial charge in [0.15, 0.2) is 0 Å². The molecule has 2 aromatic rings. The molecule has 1 aliphatic rings. The van der Waals surface area contributed by atoms with Crippen molar-refractivity contribution in [3.63, 3.8) is 0 Å². The van der Waals surface area contributed by atoms with Crippen molar-refractivity contribution in [3.05, 3.63) is 83.6 Å². The zero-order chi connectivity index (χ0) is 23.5. The maximum atomic E-state index is 12.9. The van der Waals surface area contributed by atoms with Gasteiger partial charge in [0.1, 0.15) is 11.6 Å². The van der Waals surface area contributed by atoms with Crippen molar-refractivity contribution >= 4 is 11.9 Å². The highest BCUT2D eigenvalue weighted by Gasteiger charge is 2.29. The molecule has 1 N–H and O–H groups in total. The maximum absolute atomic E-state index is 12.9. The molecule has 0 bridgehead atoms. The summed E-state index contributed by atoms with van der Waals surface area (Å²) in [6, 6.07) is 22.8. The van der Waals surface area contributed by atoms with Crippen molar-refractivity contribution in [2.24, 2.45) is 0 Å². The predicted octanol–water partition coefficient (Wildman–Crippen LogP) is 2.87. The third kappa shape index (κ3) is 6.67. The second-order valence-electron chi connectivity index (χ2n) is 7.73. The minimum absolute atomic E-state index is 0.0370. The normalized spacial score (nSPS) is 14.6. The van der Waals surface area contributed by atoms with Crippen LogP contribution in [0.4, 0.5) is 0 Å². The third-order valence-corrected chi connectivity index (χ3v) is 5.57. The molecule has 0 aromatic heterocycles. The minimum Gasteiger partial charge on any atom is -0.466 e. The maximum Gasteiger partial charge on any atom is 0.307 e. The molecule has 0 unspecified atom stereocenters. The first-order valence-electron chi connectivity index (χ1n) is 11.3. The molecule has 3 rings (SSSR count). The van der Waals surface area contributed by atoms with Crippen LogP contribution in [-0.4, -0.2) is 61.0 Å². The fraction of sp³-hybridized carbons (Fsp3) is 0.346. The van der Waals surface area contributed by atoms with Gasteiger partial charge in [0.2, 0.25) is 0 Å². The lowest BCUT2D eigenvalue weighted by atomic mass is 9.96. The molecule has 33 heavy (non-hydrogen) atoms. The number of amides is 1. The van der Waals surface area contributed by atoms with Crippen LogP contribution in [0.5, 0.6) is 0 Å². The molecule has 1 saturated heterocycles. The molecule has 0 atom stereocenters. The Bertz CT molecular complexity index is 938. The highest BCUT2D eigenvalue weighted by molar-refractivity contribution is 5.97. The van der Waals surface area contributed by atoms with E-state index in [9.17, 15) is 14.9 Å². The zero-order valence-corrected chi connectivity index (χ0v) is 18.9. The monoisotopic (exact) mass is 446 g/mol. The fourth-order valence-corrected chi connectivity index (χ4v) is 3.96. The van der Waals surface area contributed by atoms with E-state index in [0.717, 1.165) is 0 Å². The van der Waals surface area contributed by atoms with Crippen LogP contribution in [-0.2, 0) is 14.3 Å². The number of nitriles is 1. The van der Waals surface area contributed by atoms with Crippen LogP contribution in [0, 0.1) is 11.3 Å². The van der Waals surface area contributed by atoms with E-state index in [-0.39, 0.29) is 29.9 Å². The molecule has 0 spiro atoms. The van der Waals surface area contributed by atoms with Gasteiger partial charge in [0.05, 0.1) is 19.1 Å². The number of esters is 1. The fourth-order valence-electron chi connectivity index (χ4n) is 3.96. The van der Waals surface area contributed by atoms with E-state index in [1.807, 2.05) is 42.5 Å². The number of hydrogen-bond donors (Lipinski definition) is 1. The van der Waals surface area contributed by atoms with Gasteiger partial charge in [-0.05, 0) is 18.1 Å². The lowest BCUT2D eigenvalue weighted by molar-refractivity contribution is -0.142. The number of piperazine rings is 1. The van der Waals surface area contributed by atoms with Gasteiger partial charge in [-0.2, -0.15) is 5.26 Å². The molecule has 7 heteroatoms. The van der Waals surface area contributed by atoms with Gasteiger partial charge in [-0.1, -0.05) is 60.7 Å². The summed E-state index contributed by atoms with van der Waals surface area (Å²) in [7, 11) is 0. The Labute approximate surface area is 195 Å². The first kappa shape index (κ1) is 24.0. The van der Waals surface area contributed by atoms with Crippen LogP contribution in [0.25, 0.3) is 0 Å². The summed E-state index contributed by atoms with van der Waals surface area (Å²) >= 11 is 0. The summed E-state index contributed by atoms with van der Waals surface area (Å²) in [6.45, 7) is 4.87. The number of benzene rings is 2. The van der Waals surface area contributed by atoms with E-state index in [4.69, 9.17) is 4.74 Å². The Morgan fingerprint density at radius 3 is 2.12 bits per heavy atom. The average Bonchev–Trinajstić information content (AvgIpc) is 2.86. The van der Waals surface area contributed by atoms with Crippen LogP contribution in [0.15, 0.2) is 72.4 Å². The molecule has 172 valence electrons. The quantitative estimate of drug-likeness (QED) is 0.276. The van der Waals surface area contributed by atoms with E-state index in [1.165, 1.54) is 17.3 Å². The van der Waals surface area contributed by atoms with Gasteiger partial charge in [-0.3, -0.25) is 14.5 Å². The van der Waals surface area contributed by atoms with Gasteiger partial charge >= 0.3 is 5.97 Å². The molecule has 2 aromatic carbocycles. The molecule has 1 amide bonds.